The molecule has 0 radical (unpaired) electrons. The molecule has 1 heterocycles. The summed E-state index contributed by atoms with van der Waals surface area (Å²) >= 11 is 0. The number of rotatable bonds is 6. The molecule has 8 heteroatoms. The van der Waals surface area contributed by atoms with Crippen molar-refractivity contribution in [1.82, 2.24) is 10.6 Å². The number of urea groups is 1. The Balaban J connectivity index is 1.50. The molecule has 0 aromatic heterocycles. The van der Waals surface area contributed by atoms with Crippen molar-refractivity contribution in [2.75, 3.05) is 23.4 Å². The van der Waals surface area contributed by atoms with Crippen molar-refractivity contribution in [1.29, 1.82) is 0 Å². The van der Waals surface area contributed by atoms with Crippen molar-refractivity contribution >= 4 is 27.5 Å². The maximum Gasteiger partial charge on any atom is 0.319 e. The SMILES string of the molecule is O=C(Nc1cccc(C(=O)NCCc2ccccc2)c1)NC1CCS(=O)(=O)C1. The Morgan fingerprint density at radius 1 is 1.04 bits per heavy atom. The molecule has 3 amide bonds. The number of carbonyl (C=O) groups is 2. The number of nitrogens with one attached hydrogen (secondary N) is 3. The van der Waals surface area contributed by atoms with Crippen LogP contribution < -0.4 is 16.0 Å². The minimum absolute atomic E-state index is 0.0374. The smallest absolute Gasteiger partial charge is 0.319 e. The molecule has 148 valence electrons. The van der Waals surface area contributed by atoms with E-state index in [-0.39, 0.29) is 23.5 Å². The van der Waals surface area contributed by atoms with Gasteiger partial charge in [-0.25, -0.2) is 13.2 Å². The van der Waals surface area contributed by atoms with Crippen LogP contribution in [0.4, 0.5) is 10.5 Å². The molecule has 0 spiro atoms. The van der Waals surface area contributed by atoms with Gasteiger partial charge in [-0.2, -0.15) is 0 Å². The molecule has 1 aliphatic heterocycles. The standard InChI is InChI=1S/C20H23N3O4S/c24-19(21-11-9-15-5-2-1-3-6-15)16-7-4-8-17(13-16)22-20(25)23-18-10-12-28(26,27)14-18/h1-8,13,18H,9-12,14H2,(H,21,24)(H2,22,23,25). The molecule has 2 aromatic rings. The maximum absolute atomic E-state index is 12.3. The molecule has 1 fully saturated rings. The lowest BCUT2D eigenvalue weighted by atomic mass is 10.1. The zero-order valence-corrected chi connectivity index (χ0v) is 16.2. The Morgan fingerprint density at radius 3 is 2.54 bits per heavy atom. The highest BCUT2D eigenvalue weighted by molar-refractivity contribution is 7.91. The van der Waals surface area contributed by atoms with Crippen molar-refractivity contribution in [2.24, 2.45) is 0 Å². The fourth-order valence-corrected chi connectivity index (χ4v) is 4.74. The van der Waals surface area contributed by atoms with Gasteiger partial charge < -0.3 is 16.0 Å². The average Bonchev–Trinajstić information content (AvgIpc) is 3.01. The number of hydrogen-bond acceptors (Lipinski definition) is 4. The average molecular weight is 401 g/mol. The van der Waals surface area contributed by atoms with E-state index in [1.54, 1.807) is 24.3 Å². The van der Waals surface area contributed by atoms with Crippen molar-refractivity contribution in [3.63, 3.8) is 0 Å². The van der Waals surface area contributed by atoms with Gasteiger partial charge >= 0.3 is 6.03 Å². The summed E-state index contributed by atoms with van der Waals surface area (Å²) in [7, 11) is -3.06. The van der Waals surface area contributed by atoms with Crippen LogP contribution in [-0.2, 0) is 16.3 Å². The molecule has 1 atom stereocenters. The second-order valence-electron chi connectivity index (χ2n) is 6.77. The third-order valence-electron chi connectivity index (χ3n) is 4.49. The van der Waals surface area contributed by atoms with Crippen LogP contribution in [0, 0.1) is 0 Å². The van der Waals surface area contributed by atoms with Crippen molar-refractivity contribution in [2.45, 2.75) is 18.9 Å². The van der Waals surface area contributed by atoms with E-state index >= 15 is 0 Å². The summed E-state index contributed by atoms with van der Waals surface area (Å²) in [6.45, 7) is 0.511. The Hall–Kier alpha value is -2.87. The minimum atomic E-state index is -3.06. The molecular formula is C20H23N3O4S. The number of carbonyl (C=O) groups excluding carboxylic acids is 2. The van der Waals surface area contributed by atoms with E-state index in [0.717, 1.165) is 12.0 Å². The van der Waals surface area contributed by atoms with Gasteiger partial charge in [0.15, 0.2) is 9.84 Å². The highest BCUT2D eigenvalue weighted by atomic mass is 32.2. The normalized spacial score (nSPS) is 17.6. The van der Waals surface area contributed by atoms with Crippen LogP contribution in [0.2, 0.25) is 0 Å². The molecule has 1 unspecified atom stereocenters. The van der Waals surface area contributed by atoms with E-state index < -0.39 is 15.9 Å². The van der Waals surface area contributed by atoms with Crippen LogP contribution in [-0.4, -0.2) is 44.4 Å². The van der Waals surface area contributed by atoms with E-state index in [1.165, 1.54) is 0 Å². The monoisotopic (exact) mass is 401 g/mol. The van der Waals surface area contributed by atoms with Crippen molar-refractivity contribution in [3.05, 3.63) is 65.7 Å². The van der Waals surface area contributed by atoms with Crippen molar-refractivity contribution in [3.8, 4) is 0 Å². The van der Waals surface area contributed by atoms with Crippen LogP contribution in [0.1, 0.15) is 22.3 Å². The lowest BCUT2D eigenvalue weighted by Crippen LogP contribution is -2.38. The fraction of sp³-hybridized carbons (Fsp3) is 0.300. The summed E-state index contributed by atoms with van der Waals surface area (Å²) in [5.41, 5.74) is 2.05. The zero-order chi connectivity index (χ0) is 20.0. The molecular weight excluding hydrogens is 378 g/mol. The van der Waals surface area contributed by atoms with Crippen LogP contribution >= 0.6 is 0 Å². The summed E-state index contributed by atoms with van der Waals surface area (Å²) in [6, 6.07) is 15.6. The van der Waals surface area contributed by atoms with Crippen molar-refractivity contribution < 1.29 is 18.0 Å². The molecule has 0 bridgehead atoms. The molecule has 2 aromatic carbocycles. The molecule has 1 aliphatic rings. The third-order valence-corrected chi connectivity index (χ3v) is 6.26. The number of anilines is 1. The van der Waals surface area contributed by atoms with Gasteiger partial charge in [0.05, 0.1) is 11.5 Å². The lowest BCUT2D eigenvalue weighted by Gasteiger charge is -2.13. The number of amides is 3. The van der Waals surface area contributed by atoms with E-state index in [1.807, 2.05) is 30.3 Å². The van der Waals surface area contributed by atoms with E-state index in [4.69, 9.17) is 0 Å². The third kappa shape index (κ3) is 5.82. The Labute approximate surface area is 164 Å². The van der Waals surface area contributed by atoms with Gasteiger partial charge in [-0.15, -0.1) is 0 Å². The lowest BCUT2D eigenvalue weighted by molar-refractivity contribution is 0.0954. The number of sulfone groups is 1. The Bertz CT molecular complexity index is 945. The zero-order valence-electron chi connectivity index (χ0n) is 15.4. The summed E-state index contributed by atoms with van der Waals surface area (Å²) in [5, 5.41) is 8.16. The second-order valence-corrected chi connectivity index (χ2v) is 9.00. The summed E-state index contributed by atoms with van der Waals surface area (Å²) < 4.78 is 22.9. The first kappa shape index (κ1) is 19.9. The van der Waals surface area contributed by atoms with Crippen LogP contribution in [0.3, 0.4) is 0 Å². The minimum Gasteiger partial charge on any atom is -0.352 e. The van der Waals surface area contributed by atoms with Gasteiger partial charge in [-0.3, -0.25) is 4.79 Å². The van der Waals surface area contributed by atoms with Gasteiger partial charge in [0.1, 0.15) is 0 Å². The van der Waals surface area contributed by atoms with Crippen LogP contribution in [0.5, 0.6) is 0 Å². The summed E-state index contributed by atoms with van der Waals surface area (Å²) in [4.78, 5) is 24.4. The Morgan fingerprint density at radius 2 is 1.82 bits per heavy atom. The van der Waals surface area contributed by atoms with Crippen LogP contribution in [0.15, 0.2) is 54.6 Å². The largest absolute Gasteiger partial charge is 0.352 e. The summed E-state index contributed by atoms with van der Waals surface area (Å²) in [5.74, 6) is -0.164. The Kier molecular flexibility index (Phi) is 6.30. The summed E-state index contributed by atoms with van der Waals surface area (Å²) in [6.07, 6.45) is 1.15. The highest BCUT2D eigenvalue weighted by Crippen LogP contribution is 2.13. The van der Waals surface area contributed by atoms with Gasteiger partial charge in [0.25, 0.3) is 5.91 Å². The first-order valence-electron chi connectivity index (χ1n) is 9.11. The van der Waals surface area contributed by atoms with Gasteiger partial charge in [-0.1, -0.05) is 36.4 Å². The molecule has 1 saturated heterocycles. The first-order valence-corrected chi connectivity index (χ1v) is 10.9. The predicted molar refractivity (Wildman–Crippen MR) is 108 cm³/mol. The van der Waals surface area contributed by atoms with Gasteiger partial charge in [0, 0.05) is 23.8 Å². The molecule has 3 N–H and O–H groups in total. The number of benzene rings is 2. The molecule has 0 saturated carbocycles. The van der Waals surface area contributed by atoms with Gasteiger partial charge in [-0.05, 0) is 36.6 Å². The predicted octanol–water partition coefficient (Wildman–Crippen LogP) is 1.97. The fourth-order valence-electron chi connectivity index (χ4n) is 3.07. The first-order chi connectivity index (χ1) is 13.4. The molecule has 3 rings (SSSR count). The quantitative estimate of drug-likeness (QED) is 0.688. The maximum atomic E-state index is 12.3. The second kappa shape index (κ2) is 8.88. The molecule has 0 aliphatic carbocycles. The number of hydrogen-bond donors (Lipinski definition) is 3. The molecule has 28 heavy (non-hydrogen) atoms. The van der Waals surface area contributed by atoms with E-state index in [9.17, 15) is 18.0 Å². The van der Waals surface area contributed by atoms with Gasteiger partial charge in [0.2, 0.25) is 0 Å². The van der Waals surface area contributed by atoms with E-state index in [2.05, 4.69) is 16.0 Å². The topological polar surface area (TPSA) is 104 Å². The highest BCUT2D eigenvalue weighted by Gasteiger charge is 2.28. The van der Waals surface area contributed by atoms with E-state index in [0.29, 0.717) is 24.2 Å². The molecule has 7 nitrogen and oxygen atoms in total. The van der Waals surface area contributed by atoms with Crippen LogP contribution in [0.25, 0.3) is 0 Å².